The summed E-state index contributed by atoms with van der Waals surface area (Å²) in [5.41, 5.74) is 3.43. The molecule has 0 aromatic heterocycles. The fourth-order valence-electron chi connectivity index (χ4n) is 3.82. The summed E-state index contributed by atoms with van der Waals surface area (Å²) in [6.45, 7) is 3.44. The second-order valence-electron chi connectivity index (χ2n) is 8.69. The largest absolute Gasteiger partial charge is 0.490 e. The molecule has 0 heterocycles. The molecule has 0 radical (unpaired) electrons. The fraction of sp³-hybridized carbons (Fsp3) is 0.156. The molecule has 2 aromatic carbocycles. The van der Waals surface area contributed by atoms with Crippen molar-refractivity contribution < 1.29 is 29.2 Å². The van der Waals surface area contributed by atoms with Gasteiger partial charge in [0.25, 0.3) is 0 Å². The Morgan fingerprint density at radius 3 is 1.61 bits per heavy atom. The molecule has 38 heavy (non-hydrogen) atoms. The molecule has 0 fully saturated rings. The van der Waals surface area contributed by atoms with Crippen LogP contribution in [0, 0.1) is 0 Å². The van der Waals surface area contributed by atoms with Gasteiger partial charge in [-0.05, 0) is 58.7 Å². The van der Waals surface area contributed by atoms with E-state index in [-0.39, 0.29) is 13.2 Å². The lowest BCUT2D eigenvalue weighted by Crippen LogP contribution is -2.28. The van der Waals surface area contributed by atoms with Crippen LogP contribution in [0.1, 0.15) is 11.1 Å². The highest BCUT2D eigenvalue weighted by atomic mass is 16.6. The Kier molecular flexibility index (Phi) is 9.29. The van der Waals surface area contributed by atoms with Gasteiger partial charge in [-0.1, -0.05) is 79.4 Å². The normalized spacial score (nSPS) is 21.4. The maximum absolute atomic E-state index is 11.9. The van der Waals surface area contributed by atoms with Crippen molar-refractivity contribution in [3.05, 3.63) is 144 Å². The van der Waals surface area contributed by atoms with Crippen LogP contribution >= 0.6 is 0 Å². The molecule has 2 aliphatic carbocycles. The second-order valence-corrected chi connectivity index (χ2v) is 8.69. The van der Waals surface area contributed by atoms with Crippen LogP contribution in [0.2, 0.25) is 0 Å². The standard InChI is InChI=1S/C32H30O6/c1-2-32(35)38-29(21-36-27-15-13-25(30(33)19-27)17-23-9-5-3-6-10-23)22-37-28-16-14-26(31(34)20-28)18-24-11-7-4-8-12-24/h2-20,29-31,33-34H,1,21-22H2. The average Bonchev–Trinajstić information content (AvgIpc) is 2.94. The van der Waals surface area contributed by atoms with Crippen LogP contribution in [0.4, 0.5) is 0 Å². The van der Waals surface area contributed by atoms with Gasteiger partial charge in [-0.3, -0.25) is 0 Å². The predicted molar refractivity (Wildman–Crippen MR) is 147 cm³/mol. The monoisotopic (exact) mass is 510 g/mol. The predicted octanol–water partition coefficient (Wildman–Crippen LogP) is 4.91. The number of esters is 1. The van der Waals surface area contributed by atoms with E-state index < -0.39 is 24.3 Å². The van der Waals surface area contributed by atoms with E-state index in [0.29, 0.717) is 11.5 Å². The van der Waals surface area contributed by atoms with Gasteiger partial charge < -0.3 is 24.4 Å². The first-order chi connectivity index (χ1) is 18.5. The van der Waals surface area contributed by atoms with Crippen LogP contribution in [0.25, 0.3) is 12.2 Å². The van der Waals surface area contributed by atoms with Crippen molar-refractivity contribution in [1.82, 2.24) is 0 Å². The summed E-state index contributed by atoms with van der Waals surface area (Å²) in [6, 6.07) is 19.4. The third kappa shape index (κ3) is 7.80. The highest BCUT2D eigenvalue weighted by Gasteiger charge is 2.19. The topological polar surface area (TPSA) is 85.2 Å². The molecule has 2 aliphatic rings. The van der Waals surface area contributed by atoms with E-state index >= 15 is 0 Å². The molecule has 0 amide bonds. The molecule has 0 bridgehead atoms. The Morgan fingerprint density at radius 1 is 0.763 bits per heavy atom. The number of carbonyl (C=O) groups is 1. The lowest BCUT2D eigenvalue weighted by molar-refractivity contribution is -0.148. The zero-order valence-corrected chi connectivity index (χ0v) is 20.9. The Hall–Kier alpha value is -4.39. The smallest absolute Gasteiger partial charge is 0.330 e. The van der Waals surface area contributed by atoms with Crippen LogP contribution in [0.15, 0.2) is 132 Å². The minimum atomic E-state index is -0.835. The highest BCUT2D eigenvalue weighted by Crippen LogP contribution is 2.22. The molecule has 2 N–H and O–H groups in total. The first-order valence-corrected chi connectivity index (χ1v) is 12.3. The van der Waals surface area contributed by atoms with Crippen LogP contribution in [-0.2, 0) is 19.0 Å². The van der Waals surface area contributed by atoms with E-state index in [1.54, 1.807) is 36.5 Å². The Bertz CT molecular complexity index is 1210. The second kappa shape index (κ2) is 13.2. The molecule has 0 saturated heterocycles. The maximum atomic E-state index is 11.9. The number of aliphatic hydroxyl groups is 2. The van der Waals surface area contributed by atoms with E-state index in [0.717, 1.165) is 28.3 Å². The van der Waals surface area contributed by atoms with Gasteiger partial charge in [-0.25, -0.2) is 4.79 Å². The summed E-state index contributed by atoms with van der Waals surface area (Å²) in [6.07, 6.45) is 12.7. The van der Waals surface area contributed by atoms with Crippen LogP contribution in [-0.4, -0.2) is 47.7 Å². The van der Waals surface area contributed by atoms with Crippen molar-refractivity contribution >= 4 is 18.1 Å². The van der Waals surface area contributed by atoms with Crippen molar-refractivity contribution in [3.8, 4) is 0 Å². The Morgan fingerprint density at radius 2 is 1.21 bits per heavy atom. The molecule has 2 aromatic rings. The number of benzene rings is 2. The fourth-order valence-corrected chi connectivity index (χ4v) is 3.82. The maximum Gasteiger partial charge on any atom is 0.330 e. The summed E-state index contributed by atoms with van der Waals surface area (Å²) in [7, 11) is 0. The number of hydrogen-bond acceptors (Lipinski definition) is 6. The summed E-state index contributed by atoms with van der Waals surface area (Å²) in [4.78, 5) is 11.9. The number of hydrogen-bond donors (Lipinski definition) is 2. The number of allylic oxidation sites excluding steroid dienone is 2. The van der Waals surface area contributed by atoms with E-state index in [1.165, 1.54) is 0 Å². The molecule has 2 unspecified atom stereocenters. The lowest BCUT2D eigenvalue weighted by Gasteiger charge is -2.22. The SMILES string of the molecule is C=CC(=O)OC(COC1=CC(O)C(=Cc2ccccc2)C=C1)COC1=CC(O)C(=Cc2ccccc2)C=C1. The Labute approximate surface area is 222 Å². The molecule has 4 rings (SSSR count). The van der Waals surface area contributed by atoms with Crippen LogP contribution in [0.5, 0.6) is 0 Å². The molecule has 2 atom stereocenters. The number of ether oxygens (including phenoxy) is 3. The zero-order valence-electron chi connectivity index (χ0n) is 20.9. The lowest BCUT2D eigenvalue weighted by atomic mass is 10.0. The van der Waals surface area contributed by atoms with Crippen molar-refractivity contribution in [2.75, 3.05) is 13.2 Å². The van der Waals surface area contributed by atoms with Crippen LogP contribution < -0.4 is 0 Å². The molecular weight excluding hydrogens is 480 g/mol. The van der Waals surface area contributed by atoms with Gasteiger partial charge in [-0.2, -0.15) is 0 Å². The van der Waals surface area contributed by atoms with Gasteiger partial charge >= 0.3 is 5.97 Å². The third-order valence-corrected chi connectivity index (χ3v) is 5.79. The van der Waals surface area contributed by atoms with E-state index in [9.17, 15) is 15.0 Å². The van der Waals surface area contributed by atoms with E-state index in [1.807, 2.05) is 72.8 Å². The van der Waals surface area contributed by atoms with Gasteiger partial charge in [0.1, 0.15) is 36.9 Å². The molecule has 6 nitrogen and oxygen atoms in total. The summed E-state index contributed by atoms with van der Waals surface area (Å²) in [5.74, 6) is 0.292. The van der Waals surface area contributed by atoms with Crippen molar-refractivity contribution in [2.24, 2.45) is 0 Å². The molecular formula is C32H30O6. The van der Waals surface area contributed by atoms with E-state index in [4.69, 9.17) is 14.2 Å². The van der Waals surface area contributed by atoms with Crippen molar-refractivity contribution in [2.45, 2.75) is 18.3 Å². The van der Waals surface area contributed by atoms with Crippen molar-refractivity contribution in [3.63, 3.8) is 0 Å². The quantitative estimate of drug-likeness (QED) is 0.349. The summed E-state index contributed by atoms with van der Waals surface area (Å²) < 4.78 is 17.0. The van der Waals surface area contributed by atoms with Gasteiger partial charge in [0.2, 0.25) is 0 Å². The average molecular weight is 511 g/mol. The zero-order chi connectivity index (χ0) is 26.7. The molecule has 194 valence electrons. The minimum Gasteiger partial charge on any atom is -0.490 e. The number of carbonyl (C=O) groups excluding carboxylic acids is 1. The molecule has 0 saturated carbocycles. The Balaban J connectivity index is 1.34. The van der Waals surface area contributed by atoms with Gasteiger partial charge in [0.05, 0.1) is 0 Å². The first kappa shape index (κ1) is 26.7. The first-order valence-electron chi connectivity index (χ1n) is 12.3. The van der Waals surface area contributed by atoms with Crippen molar-refractivity contribution in [1.29, 1.82) is 0 Å². The summed E-state index contributed by atoms with van der Waals surface area (Å²) >= 11 is 0. The van der Waals surface area contributed by atoms with Gasteiger partial charge in [0, 0.05) is 6.08 Å². The number of aliphatic hydroxyl groups excluding tert-OH is 2. The molecule has 6 heteroatoms. The molecule has 0 aliphatic heterocycles. The highest BCUT2D eigenvalue weighted by molar-refractivity contribution is 5.81. The third-order valence-electron chi connectivity index (χ3n) is 5.79. The summed E-state index contributed by atoms with van der Waals surface area (Å²) in [5, 5.41) is 21.0. The van der Waals surface area contributed by atoms with Crippen LogP contribution in [0.3, 0.4) is 0 Å². The van der Waals surface area contributed by atoms with Gasteiger partial charge in [0.15, 0.2) is 6.10 Å². The number of rotatable bonds is 10. The van der Waals surface area contributed by atoms with Gasteiger partial charge in [-0.15, -0.1) is 0 Å². The minimum absolute atomic E-state index is 0.00108. The molecule has 0 spiro atoms. The van der Waals surface area contributed by atoms with E-state index in [2.05, 4.69) is 6.58 Å².